The van der Waals surface area contributed by atoms with Crippen LogP contribution in [0.2, 0.25) is 0 Å². The summed E-state index contributed by atoms with van der Waals surface area (Å²) in [5, 5.41) is 7.30. The lowest BCUT2D eigenvalue weighted by molar-refractivity contribution is -0.149. The maximum atomic E-state index is 12.0. The molecule has 2 saturated heterocycles. The van der Waals surface area contributed by atoms with Gasteiger partial charge in [0.1, 0.15) is 0 Å². The van der Waals surface area contributed by atoms with E-state index in [1.54, 1.807) is 0 Å². The number of aliphatic imine (C=N–C) groups is 1. The fourth-order valence-corrected chi connectivity index (χ4v) is 5.38. The minimum Gasteiger partial charge on any atom is -0.466 e. The number of hydrogen-bond acceptors (Lipinski definition) is 5. The molecule has 3 aliphatic rings. The number of rotatable bonds is 6. The van der Waals surface area contributed by atoms with E-state index in [2.05, 4.69) is 32.5 Å². The van der Waals surface area contributed by atoms with E-state index in [0.29, 0.717) is 12.6 Å². The fraction of sp³-hybridized carbons (Fsp3) is 0.913. The van der Waals surface area contributed by atoms with Crippen molar-refractivity contribution in [2.45, 2.75) is 76.3 Å². The smallest absolute Gasteiger partial charge is 0.308 e. The van der Waals surface area contributed by atoms with Gasteiger partial charge in [-0.2, -0.15) is 0 Å². The number of ether oxygens (including phenoxy) is 1. The second-order valence-corrected chi connectivity index (χ2v) is 9.45. The van der Waals surface area contributed by atoms with Crippen molar-refractivity contribution in [2.75, 3.05) is 53.4 Å². The number of guanidine groups is 1. The van der Waals surface area contributed by atoms with Crippen LogP contribution in [0.3, 0.4) is 0 Å². The van der Waals surface area contributed by atoms with Gasteiger partial charge >= 0.3 is 5.97 Å². The van der Waals surface area contributed by atoms with Crippen LogP contribution in [0.1, 0.15) is 64.7 Å². The van der Waals surface area contributed by atoms with Gasteiger partial charge in [0.25, 0.3) is 0 Å². The average molecular weight is 422 g/mol. The number of piperidine rings is 2. The Kier molecular flexibility index (Phi) is 8.81. The Balaban J connectivity index is 1.51. The summed E-state index contributed by atoms with van der Waals surface area (Å²) < 4.78 is 5.20. The zero-order chi connectivity index (χ0) is 21.4. The predicted octanol–water partition coefficient (Wildman–Crippen LogP) is 2.22. The molecule has 2 heterocycles. The van der Waals surface area contributed by atoms with Crippen LogP contribution in [0, 0.1) is 5.92 Å². The molecule has 0 aromatic carbocycles. The maximum Gasteiger partial charge on any atom is 0.308 e. The van der Waals surface area contributed by atoms with E-state index >= 15 is 0 Å². The lowest BCUT2D eigenvalue weighted by Gasteiger charge is -2.50. The molecule has 0 aromatic rings. The molecule has 0 radical (unpaired) electrons. The Labute approximate surface area is 183 Å². The van der Waals surface area contributed by atoms with Gasteiger partial charge < -0.3 is 20.3 Å². The first-order valence-corrected chi connectivity index (χ1v) is 12.1. The molecule has 0 spiro atoms. The van der Waals surface area contributed by atoms with E-state index in [0.717, 1.165) is 38.2 Å². The van der Waals surface area contributed by atoms with Gasteiger partial charge in [0.15, 0.2) is 5.96 Å². The van der Waals surface area contributed by atoms with Gasteiger partial charge in [0, 0.05) is 25.2 Å². The Morgan fingerprint density at radius 2 is 1.73 bits per heavy atom. The Morgan fingerprint density at radius 3 is 2.33 bits per heavy atom. The zero-order valence-corrected chi connectivity index (χ0v) is 19.4. The second kappa shape index (κ2) is 11.3. The molecule has 7 heteroatoms. The van der Waals surface area contributed by atoms with Crippen molar-refractivity contribution in [3.8, 4) is 0 Å². The predicted molar refractivity (Wildman–Crippen MR) is 122 cm³/mol. The highest BCUT2D eigenvalue weighted by Gasteiger charge is 2.39. The molecular weight excluding hydrogens is 378 g/mol. The van der Waals surface area contributed by atoms with E-state index in [9.17, 15) is 4.79 Å². The number of hydrogen-bond donors (Lipinski definition) is 2. The van der Waals surface area contributed by atoms with Crippen LogP contribution in [0.15, 0.2) is 4.99 Å². The molecular formula is C23H43N5O2. The van der Waals surface area contributed by atoms with Gasteiger partial charge in [-0.3, -0.25) is 14.7 Å². The van der Waals surface area contributed by atoms with Crippen LogP contribution in [-0.2, 0) is 9.53 Å². The van der Waals surface area contributed by atoms with Gasteiger partial charge in [-0.25, -0.2) is 0 Å². The van der Waals surface area contributed by atoms with Gasteiger partial charge in [-0.1, -0.05) is 6.42 Å². The van der Waals surface area contributed by atoms with Gasteiger partial charge in [0.05, 0.1) is 12.5 Å². The summed E-state index contributed by atoms with van der Waals surface area (Å²) in [5.74, 6) is 0.952. The van der Waals surface area contributed by atoms with Gasteiger partial charge in [0.2, 0.25) is 0 Å². The molecule has 0 atom stereocenters. The van der Waals surface area contributed by atoms with E-state index in [1.165, 1.54) is 58.3 Å². The third-order valence-electron chi connectivity index (χ3n) is 7.44. The van der Waals surface area contributed by atoms with E-state index in [-0.39, 0.29) is 17.4 Å². The molecule has 1 saturated carbocycles. The lowest BCUT2D eigenvalue weighted by atomic mass is 9.84. The highest BCUT2D eigenvalue weighted by Crippen LogP contribution is 2.31. The number of likely N-dealkylation sites (tertiary alicyclic amines) is 2. The normalized spacial score (nSPS) is 28.7. The number of carbonyl (C=O) groups excluding carboxylic acids is 1. The van der Waals surface area contributed by atoms with Crippen molar-refractivity contribution in [2.24, 2.45) is 10.9 Å². The first-order chi connectivity index (χ1) is 14.6. The van der Waals surface area contributed by atoms with Crippen molar-refractivity contribution in [3.05, 3.63) is 0 Å². The van der Waals surface area contributed by atoms with Crippen molar-refractivity contribution in [1.29, 1.82) is 0 Å². The quantitative estimate of drug-likeness (QED) is 0.389. The molecule has 3 rings (SSSR count). The van der Waals surface area contributed by atoms with Crippen LogP contribution in [0.5, 0.6) is 0 Å². The number of esters is 1. The first-order valence-electron chi connectivity index (χ1n) is 12.1. The fourth-order valence-electron chi connectivity index (χ4n) is 5.38. The molecule has 172 valence electrons. The SMILES string of the molecule is CCOC(=O)C1CCC(NC(=NC)NCC2(N3CCCCC3)CCN(C)CC2)CC1. The maximum absolute atomic E-state index is 12.0. The van der Waals surface area contributed by atoms with Crippen LogP contribution >= 0.6 is 0 Å². The van der Waals surface area contributed by atoms with E-state index < -0.39 is 0 Å². The first kappa shape index (κ1) is 23.3. The standard InChI is InChI=1S/C23H43N5O2/c1-4-30-21(29)19-8-10-20(11-9-19)26-22(24-2)25-18-23(12-16-27(3)17-13-23)28-14-6-5-7-15-28/h19-20H,4-18H2,1-3H3,(H2,24,25,26). The van der Waals surface area contributed by atoms with Crippen molar-refractivity contribution in [3.63, 3.8) is 0 Å². The summed E-state index contributed by atoms with van der Waals surface area (Å²) in [7, 11) is 4.10. The average Bonchev–Trinajstić information content (AvgIpc) is 2.79. The summed E-state index contributed by atoms with van der Waals surface area (Å²) in [6.45, 7) is 8.11. The topological polar surface area (TPSA) is 69.2 Å². The summed E-state index contributed by atoms with van der Waals surface area (Å²) in [4.78, 5) is 21.7. The number of nitrogens with one attached hydrogen (secondary N) is 2. The molecule has 0 unspecified atom stereocenters. The minimum absolute atomic E-state index is 0.0239. The third-order valence-corrected chi connectivity index (χ3v) is 7.44. The highest BCUT2D eigenvalue weighted by molar-refractivity contribution is 5.80. The molecule has 1 aliphatic carbocycles. The molecule has 7 nitrogen and oxygen atoms in total. The highest BCUT2D eigenvalue weighted by atomic mass is 16.5. The largest absolute Gasteiger partial charge is 0.466 e. The van der Waals surface area contributed by atoms with Crippen molar-refractivity contribution < 1.29 is 9.53 Å². The lowest BCUT2D eigenvalue weighted by Crippen LogP contribution is -2.62. The minimum atomic E-state index is -0.0239. The van der Waals surface area contributed by atoms with Crippen LogP contribution in [0.25, 0.3) is 0 Å². The monoisotopic (exact) mass is 421 g/mol. The summed E-state index contributed by atoms with van der Waals surface area (Å²) in [6, 6.07) is 0.380. The molecule has 0 amide bonds. The third kappa shape index (κ3) is 6.10. The second-order valence-electron chi connectivity index (χ2n) is 9.45. The Morgan fingerprint density at radius 1 is 1.07 bits per heavy atom. The van der Waals surface area contributed by atoms with Crippen molar-refractivity contribution >= 4 is 11.9 Å². The molecule has 2 aliphatic heterocycles. The van der Waals surface area contributed by atoms with E-state index in [1.807, 2.05) is 14.0 Å². The van der Waals surface area contributed by atoms with Crippen LogP contribution in [-0.4, -0.2) is 86.7 Å². The van der Waals surface area contributed by atoms with Gasteiger partial charge in [-0.15, -0.1) is 0 Å². The molecule has 0 aromatic heterocycles. The van der Waals surface area contributed by atoms with Crippen LogP contribution < -0.4 is 10.6 Å². The molecule has 0 bridgehead atoms. The van der Waals surface area contributed by atoms with Gasteiger partial charge in [-0.05, 0) is 91.5 Å². The molecule has 3 fully saturated rings. The Hall–Kier alpha value is -1.34. The zero-order valence-electron chi connectivity index (χ0n) is 19.4. The number of carbonyl (C=O) groups is 1. The molecule has 2 N–H and O–H groups in total. The van der Waals surface area contributed by atoms with E-state index in [4.69, 9.17) is 4.74 Å². The summed E-state index contributed by atoms with van der Waals surface area (Å²) in [6.07, 6.45) is 10.3. The molecule has 30 heavy (non-hydrogen) atoms. The number of nitrogens with zero attached hydrogens (tertiary/aromatic N) is 3. The summed E-state index contributed by atoms with van der Waals surface area (Å²) >= 11 is 0. The van der Waals surface area contributed by atoms with Crippen molar-refractivity contribution in [1.82, 2.24) is 20.4 Å². The summed E-state index contributed by atoms with van der Waals surface area (Å²) in [5.41, 5.74) is 0.242. The van der Waals surface area contributed by atoms with Crippen LogP contribution in [0.4, 0.5) is 0 Å². The Bertz CT molecular complexity index is 560.